The van der Waals surface area contributed by atoms with Gasteiger partial charge in [0.1, 0.15) is 6.61 Å². The Morgan fingerprint density at radius 1 is 1.24 bits per heavy atom. The third-order valence-corrected chi connectivity index (χ3v) is 3.11. The highest BCUT2D eigenvalue weighted by Gasteiger charge is 2.10. The molecule has 3 heteroatoms. The molecule has 2 nitrogen and oxygen atoms in total. The maximum atomic E-state index is 13.4. The largest absolute Gasteiger partial charge is 0.489 e. The van der Waals surface area contributed by atoms with Gasteiger partial charge in [0.2, 0.25) is 0 Å². The molecule has 17 heavy (non-hydrogen) atoms. The predicted octanol–water partition coefficient (Wildman–Crippen LogP) is 2.87. The van der Waals surface area contributed by atoms with Crippen molar-refractivity contribution in [2.45, 2.75) is 19.3 Å². The third kappa shape index (κ3) is 3.70. The number of nitrogens with zero attached hydrogens (tertiary/aromatic N) is 1. The van der Waals surface area contributed by atoms with E-state index in [4.69, 9.17) is 4.74 Å². The zero-order valence-corrected chi connectivity index (χ0v) is 10.1. The van der Waals surface area contributed by atoms with E-state index in [-0.39, 0.29) is 5.82 Å². The van der Waals surface area contributed by atoms with Crippen LogP contribution in [-0.4, -0.2) is 31.1 Å². The smallest absolute Gasteiger partial charge is 0.165 e. The Kier molecular flexibility index (Phi) is 4.37. The van der Waals surface area contributed by atoms with Crippen molar-refractivity contribution in [2.24, 2.45) is 0 Å². The fraction of sp³-hybridized carbons (Fsp3) is 0.500. The van der Waals surface area contributed by atoms with Crippen molar-refractivity contribution < 1.29 is 9.13 Å². The van der Waals surface area contributed by atoms with Crippen LogP contribution in [0.15, 0.2) is 18.2 Å². The van der Waals surface area contributed by atoms with Crippen LogP contribution < -0.4 is 4.74 Å². The Labute approximate surface area is 102 Å². The molecule has 1 aliphatic heterocycles. The number of likely N-dealkylation sites (tertiary alicyclic amines) is 1. The van der Waals surface area contributed by atoms with Crippen LogP contribution in [0.5, 0.6) is 5.75 Å². The van der Waals surface area contributed by atoms with Gasteiger partial charge in [0, 0.05) is 6.54 Å². The summed E-state index contributed by atoms with van der Waals surface area (Å²) in [5.74, 6) is 0.00514. The first-order valence-corrected chi connectivity index (χ1v) is 6.22. The summed E-state index contributed by atoms with van der Waals surface area (Å²) in [4.78, 5) is 2.37. The van der Waals surface area contributed by atoms with Crippen molar-refractivity contribution in [3.05, 3.63) is 36.5 Å². The highest BCUT2D eigenvalue weighted by Crippen LogP contribution is 2.18. The maximum Gasteiger partial charge on any atom is 0.165 e. The molecule has 0 unspecified atom stereocenters. The zero-order valence-electron chi connectivity index (χ0n) is 10.1. The number of ether oxygens (including phenoxy) is 1. The van der Waals surface area contributed by atoms with Gasteiger partial charge < -0.3 is 4.74 Å². The zero-order chi connectivity index (χ0) is 12.1. The number of benzene rings is 1. The lowest BCUT2D eigenvalue weighted by atomic mass is 10.1. The summed E-state index contributed by atoms with van der Waals surface area (Å²) in [5, 5.41) is 0. The van der Waals surface area contributed by atoms with Gasteiger partial charge in [-0.05, 0) is 50.6 Å². The van der Waals surface area contributed by atoms with Crippen LogP contribution >= 0.6 is 0 Å². The third-order valence-electron chi connectivity index (χ3n) is 3.11. The average molecular weight is 236 g/mol. The van der Waals surface area contributed by atoms with Crippen molar-refractivity contribution in [1.82, 2.24) is 4.90 Å². The van der Waals surface area contributed by atoms with E-state index in [9.17, 15) is 4.39 Å². The quantitative estimate of drug-likeness (QED) is 0.797. The summed E-state index contributed by atoms with van der Waals surface area (Å²) >= 11 is 0. The van der Waals surface area contributed by atoms with Crippen LogP contribution in [0.2, 0.25) is 0 Å². The van der Waals surface area contributed by atoms with E-state index in [1.165, 1.54) is 25.3 Å². The van der Waals surface area contributed by atoms with Crippen LogP contribution in [0.1, 0.15) is 24.8 Å². The Hall–Kier alpha value is -1.09. The molecule has 1 saturated heterocycles. The lowest BCUT2D eigenvalue weighted by Crippen LogP contribution is -2.33. The molecule has 0 aromatic heterocycles. The molecule has 0 atom stereocenters. The standard InChI is InChI=1S/C14H19FNO/c1-12-5-6-14(13(15)11-12)17-10-9-16-7-3-2-4-8-16/h5-6,11H,1-4,7-10H2. The molecule has 1 aromatic rings. The Balaban J connectivity index is 1.77. The van der Waals surface area contributed by atoms with Gasteiger partial charge in [-0.25, -0.2) is 4.39 Å². The normalized spacial score (nSPS) is 17.1. The summed E-state index contributed by atoms with van der Waals surface area (Å²) in [6.45, 7) is 7.39. The Morgan fingerprint density at radius 2 is 2.00 bits per heavy atom. The second-order valence-corrected chi connectivity index (χ2v) is 4.52. The van der Waals surface area contributed by atoms with Crippen LogP contribution in [-0.2, 0) is 0 Å². The first kappa shape index (κ1) is 12.4. The Bertz CT molecular complexity index is 361. The summed E-state index contributed by atoms with van der Waals surface area (Å²) in [6, 6.07) is 4.81. The van der Waals surface area contributed by atoms with Crippen molar-refractivity contribution in [3.8, 4) is 5.75 Å². The van der Waals surface area contributed by atoms with Gasteiger partial charge in [0.25, 0.3) is 0 Å². The second-order valence-electron chi connectivity index (χ2n) is 4.52. The molecule has 1 aliphatic rings. The van der Waals surface area contributed by atoms with Gasteiger partial charge >= 0.3 is 0 Å². The molecule has 1 fully saturated rings. The number of rotatable bonds is 4. The molecular weight excluding hydrogens is 217 g/mol. The van der Waals surface area contributed by atoms with Crippen LogP contribution in [0.25, 0.3) is 0 Å². The summed E-state index contributed by atoms with van der Waals surface area (Å²) in [7, 11) is 0. The van der Waals surface area contributed by atoms with E-state index >= 15 is 0 Å². The van der Waals surface area contributed by atoms with Gasteiger partial charge in [-0.2, -0.15) is 0 Å². The summed E-state index contributed by atoms with van der Waals surface area (Å²) in [5.41, 5.74) is 0.672. The van der Waals surface area contributed by atoms with E-state index in [2.05, 4.69) is 11.8 Å². The van der Waals surface area contributed by atoms with Crippen molar-refractivity contribution in [3.63, 3.8) is 0 Å². The van der Waals surface area contributed by atoms with E-state index in [1.54, 1.807) is 12.1 Å². The van der Waals surface area contributed by atoms with Crippen LogP contribution in [0, 0.1) is 12.7 Å². The van der Waals surface area contributed by atoms with Crippen molar-refractivity contribution >= 4 is 0 Å². The summed E-state index contributed by atoms with van der Waals surface area (Å²) in [6.07, 6.45) is 3.87. The lowest BCUT2D eigenvalue weighted by molar-refractivity contribution is 0.180. The van der Waals surface area contributed by atoms with E-state index in [1.807, 2.05) is 0 Å². The molecule has 1 aromatic carbocycles. The average Bonchev–Trinajstić information content (AvgIpc) is 2.33. The fourth-order valence-corrected chi connectivity index (χ4v) is 2.13. The summed E-state index contributed by atoms with van der Waals surface area (Å²) < 4.78 is 18.9. The van der Waals surface area contributed by atoms with Gasteiger partial charge in [0.05, 0.1) is 0 Å². The molecule has 0 spiro atoms. The van der Waals surface area contributed by atoms with E-state index in [0.29, 0.717) is 17.9 Å². The maximum absolute atomic E-state index is 13.4. The first-order valence-electron chi connectivity index (χ1n) is 6.22. The van der Waals surface area contributed by atoms with E-state index in [0.717, 1.165) is 19.6 Å². The minimum absolute atomic E-state index is 0.323. The van der Waals surface area contributed by atoms with Gasteiger partial charge in [-0.3, -0.25) is 4.90 Å². The minimum atomic E-state index is -0.323. The molecule has 1 radical (unpaired) electrons. The molecule has 2 rings (SSSR count). The fourth-order valence-electron chi connectivity index (χ4n) is 2.13. The molecule has 0 saturated carbocycles. The molecule has 0 bridgehead atoms. The predicted molar refractivity (Wildman–Crippen MR) is 66.6 cm³/mol. The van der Waals surface area contributed by atoms with Gasteiger partial charge in [-0.15, -0.1) is 0 Å². The van der Waals surface area contributed by atoms with E-state index < -0.39 is 0 Å². The van der Waals surface area contributed by atoms with Gasteiger partial charge in [0.15, 0.2) is 11.6 Å². The van der Waals surface area contributed by atoms with Gasteiger partial charge in [-0.1, -0.05) is 12.5 Å². The number of piperidine rings is 1. The lowest BCUT2D eigenvalue weighted by Gasteiger charge is -2.26. The second kappa shape index (κ2) is 6.01. The SMILES string of the molecule is [CH2]c1ccc(OCCN2CCCCC2)c(F)c1. The molecule has 0 N–H and O–H groups in total. The van der Waals surface area contributed by atoms with Crippen molar-refractivity contribution in [2.75, 3.05) is 26.2 Å². The monoisotopic (exact) mass is 236 g/mol. The van der Waals surface area contributed by atoms with Crippen LogP contribution in [0.4, 0.5) is 4.39 Å². The van der Waals surface area contributed by atoms with Crippen molar-refractivity contribution in [1.29, 1.82) is 0 Å². The highest BCUT2D eigenvalue weighted by molar-refractivity contribution is 5.30. The number of halogens is 1. The number of hydrogen-bond donors (Lipinski definition) is 0. The highest BCUT2D eigenvalue weighted by atomic mass is 19.1. The minimum Gasteiger partial charge on any atom is -0.489 e. The molecule has 93 valence electrons. The first-order chi connectivity index (χ1) is 8.25. The van der Waals surface area contributed by atoms with Crippen LogP contribution in [0.3, 0.4) is 0 Å². The topological polar surface area (TPSA) is 12.5 Å². The Morgan fingerprint density at radius 3 is 2.71 bits per heavy atom. The number of hydrogen-bond acceptors (Lipinski definition) is 2. The molecular formula is C14H19FNO. The molecule has 0 amide bonds. The molecule has 1 heterocycles. The molecule has 0 aliphatic carbocycles.